The number of hydrogen-bond acceptors (Lipinski definition) is 12. The van der Waals surface area contributed by atoms with E-state index in [9.17, 15) is 47.6 Å². The summed E-state index contributed by atoms with van der Waals surface area (Å²) in [6, 6.07) is 12.8. The minimum atomic E-state index is -5.10. The van der Waals surface area contributed by atoms with Crippen LogP contribution in [0.2, 0.25) is 0 Å². The summed E-state index contributed by atoms with van der Waals surface area (Å²) in [7, 11) is -18.3. The van der Waals surface area contributed by atoms with Crippen molar-refractivity contribution in [3.05, 3.63) is 107 Å². The molecule has 61 heavy (non-hydrogen) atoms. The Labute approximate surface area is 357 Å². The second kappa shape index (κ2) is 19.9. The number of unbranched alkanes of at least 4 members (excludes halogenated alkanes) is 2. The van der Waals surface area contributed by atoms with Crippen LogP contribution in [0.3, 0.4) is 0 Å². The molecule has 0 saturated carbocycles. The van der Waals surface area contributed by atoms with Gasteiger partial charge >= 0.3 is 20.8 Å². The van der Waals surface area contributed by atoms with Gasteiger partial charge in [-0.25, -0.2) is 8.37 Å². The highest BCUT2D eigenvalue weighted by Gasteiger charge is 2.44. The fourth-order valence-electron chi connectivity index (χ4n) is 7.30. The van der Waals surface area contributed by atoms with Gasteiger partial charge in [0.1, 0.15) is 12.6 Å². The minimum absolute atomic E-state index is 0.133. The molecule has 5 N–H and O–H groups in total. The molecule has 336 valence electrons. The fourth-order valence-corrected chi connectivity index (χ4v) is 9.23. The Morgan fingerprint density at radius 3 is 2.03 bits per heavy atom. The van der Waals surface area contributed by atoms with Crippen molar-refractivity contribution in [2.45, 2.75) is 70.3 Å². The third kappa shape index (κ3) is 14.5. The first kappa shape index (κ1) is 49.6. The highest BCUT2D eigenvalue weighted by atomic mass is 32.3. The lowest BCUT2D eigenvalue weighted by Gasteiger charge is -2.27. The van der Waals surface area contributed by atoms with Gasteiger partial charge in [-0.1, -0.05) is 62.4 Å². The maximum Gasteiger partial charge on any atom is 0.397 e. The van der Waals surface area contributed by atoms with Crippen molar-refractivity contribution in [2.24, 2.45) is 0 Å². The highest BCUT2D eigenvalue weighted by molar-refractivity contribution is 7.86. The van der Waals surface area contributed by atoms with Crippen LogP contribution in [0.4, 0.5) is 11.4 Å². The zero-order valence-electron chi connectivity index (χ0n) is 34.0. The minimum Gasteiger partial charge on any atom is -0.349 e. The number of benzene rings is 2. The summed E-state index contributed by atoms with van der Waals surface area (Å²) in [5.74, 6) is -1.44. The molecule has 2 aliphatic heterocycles. The Kier molecular flexibility index (Phi) is 16.2. The average Bonchev–Trinajstić information content (AvgIpc) is 3.48. The summed E-state index contributed by atoms with van der Waals surface area (Å²) < 4.78 is 137. The Morgan fingerprint density at radius 1 is 0.770 bits per heavy atom. The second-order valence-corrected chi connectivity index (χ2v) is 20.7. The maximum atomic E-state index is 13.2. The molecule has 0 radical (unpaired) electrons. The van der Waals surface area contributed by atoms with Gasteiger partial charge in [-0.05, 0) is 62.9 Å². The lowest BCUT2D eigenvalue weighted by atomic mass is 9.81. The first-order valence-electron chi connectivity index (χ1n) is 19.0. The first-order chi connectivity index (χ1) is 28.2. The Hall–Kier alpha value is -4.10. The summed E-state index contributed by atoms with van der Waals surface area (Å²) in [6.45, 7) is 7.33. The first-order valence-corrected chi connectivity index (χ1v) is 25.0. The number of anilines is 1. The van der Waals surface area contributed by atoms with Crippen LogP contribution in [0.25, 0.3) is 0 Å². The van der Waals surface area contributed by atoms with Gasteiger partial charge in [-0.15, -0.1) is 0 Å². The van der Waals surface area contributed by atoms with E-state index in [1.165, 1.54) is 6.07 Å². The van der Waals surface area contributed by atoms with E-state index < -0.39 is 77.4 Å². The molecule has 2 aromatic rings. The number of hydrogen-bond donors (Lipinski definition) is 5. The second-order valence-electron chi connectivity index (χ2n) is 15.4. The van der Waals surface area contributed by atoms with Crippen LogP contribution >= 0.6 is 0 Å². The van der Waals surface area contributed by atoms with E-state index in [1.54, 1.807) is 12.1 Å². The van der Waals surface area contributed by atoms with Crippen LogP contribution in [0.1, 0.15) is 74.9 Å². The summed E-state index contributed by atoms with van der Waals surface area (Å²) in [5, 5.41) is 2.40. The van der Waals surface area contributed by atoms with E-state index in [2.05, 4.69) is 38.2 Å². The Bertz CT molecular complexity index is 2560. The molecule has 1 unspecified atom stereocenters. The number of carbonyl (C=O) groups is 1. The molecular formula is C39H52N3O15S4+. The number of amides is 1. The lowest BCUT2D eigenvalue weighted by molar-refractivity contribution is -0.438. The van der Waals surface area contributed by atoms with E-state index in [-0.39, 0.29) is 23.2 Å². The molecule has 1 atom stereocenters. The van der Waals surface area contributed by atoms with Crippen LogP contribution in [0.15, 0.2) is 90.7 Å². The molecule has 0 aromatic heterocycles. The van der Waals surface area contributed by atoms with Crippen LogP contribution in [0.5, 0.6) is 0 Å². The van der Waals surface area contributed by atoms with E-state index >= 15 is 0 Å². The fraction of sp³-hybridized carbons (Fsp3) is 0.436. The predicted molar refractivity (Wildman–Crippen MR) is 229 cm³/mol. The predicted octanol–water partition coefficient (Wildman–Crippen LogP) is 4.49. The highest BCUT2D eigenvalue weighted by Crippen LogP contribution is 2.48. The van der Waals surface area contributed by atoms with Crippen molar-refractivity contribution in [3.8, 4) is 0 Å². The SMILES string of the molecule is CC1(C)C(/C=C/C=C/C=C/C=C2/N(CCCCS(=O)(=O)O)c3ccc(C(=O)NCC(COS(=O)(=O)O)OS(=O)(=O)O)cc3C2(C)C)=[N+](CCCCS(=O)(=O)O)c2ccccc21. The van der Waals surface area contributed by atoms with E-state index in [0.717, 1.165) is 28.3 Å². The summed E-state index contributed by atoms with van der Waals surface area (Å²) >= 11 is 0. The number of rotatable bonds is 22. The standard InChI is InChI=1S/C39H51N3O15S4/c1-38(2)31-16-10-11-17-33(31)41(22-12-14-24-58(44,45)46)35(38)18-8-6-5-7-9-19-36-39(3,4)32-26-29(20-21-34(32)42(36)23-13-15-25-59(47,48)49)37(43)40-27-30(57-61(53,54)55)28-56-60(50,51)52/h5-11,16-21,26,30H,12-15,22-25,27-28H2,1-4H3,(H4-,40,43,44,45,46,47,48,49,50,51,52,53,54,55)/p+1. The number of allylic oxidation sites excluding steroid dienone is 8. The van der Waals surface area contributed by atoms with Crippen LogP contribution in [-0.4, -0.2) is 112 Å². The molecular weight excluding hydrogens is 879 g/mol. The molecule has 2 heterocycles. The number of carbonyl (C=O) groups excluding carboxylic acids is 1. The van der Waals surface area contributed by atoms with Gasteiger partial charge in [0, 0.05) is 59.6 Å². The molecule has 2 aliphatic rings. The van der Waals surface area contributed by atoms with Crippen molar-refractivity contribution in [1.82, 2.24) is 5.32 Å². The molecule has 18 nitrogen and oxygen atoms in total. The van der Waals surface area contributed by atoms with Gasteiger partial charge in [0.25, 0.3) is 26.1 Å². The number of fused-ring (bicyclic) bond motifs is 2. The molecule has 4 rings (SSSR count). The van der Waals surface area contributed by atoms with E-state index in [4.69, 9.17) is 9.11 Å². The molecule has 1 amide bonds. The van der Waals surface area contributed by atoms with Crippen LogP contribution in [-0.2, 0) is 60.2 Å². The van der Waals surface area contributed by atoms with E-state index in [1.807, 2.05) is 79.5 Å². The monoisotopic (exact) mass is 930 g/mol. The molecule has 0 bridgehead atoms. The zero-order chi connectivity index (χ0) is 45.4. The third-order valence-corrected chi connectivity index (χ3v) is 12.7. The van der Waals surface area contributed by atoms with E-state index in [0.29, 0.717) is 37.9 Å². The normalized spacial score (nSPS) is 17.8. The quantitative estimate of drug-likeness (QED) is 0.0471. The van der Waals surface area contributed by atoms with Gasteiger partial charge in [-0.2, -0.15) is 38.2 Å². The molecule has 22 heteroatoms. The van der Waals surface area contributed by atoms with Crippen molar-refractivity contribution < 1.29 is 69.6 Å². The van der Waals surface area contributed by atoms with Crippen molar-refractivity contribution in [2.75, 3.05) is 42.6 Å². The molecule has 0 spiro atoms. The molecule has 0 saturated heterocycles. The van der Waals surface area contributed by atoms with Crippen molar-refractivity contribution in [1.29, 1.82) is 0 Å². The van der Waals surface area contributed by atoms with Gasteiger partial charge < -0.3 is 10.2 Å². The smallest absolute Gasteiger partial charge is 0.349 e. The Balaban J connectivity index is 1.56. The van der Waals surface area contributed by atoms with Gasteiger partial charge in [0.15, 0.2) is 5.71 Å². The number of para-hydroxylation sites is 1. The molecule has 0 aliphatic carbocycles. The molecule has 2 aromatic carbocycles. The zero-order valence-corrected chi connectivity index (χ0v) is 37.3. The van der Waals surface area contributed by atoms with Gasteiger partial charge in [0.2, 0.25) is 5.69 Å². The number of nitrogens with one attached hydrogen (secondary N) is 1. The average molecular weight is 931 g/mol. The van der Waals surface area contributed by atoms with Crippen LogP contribution in [0, 0.1) is 0 Å². The van der Waals surface area contributed by atoms with Gasteiger partial charge in [-0.3, -0.25) is 23.0 Å². The topological polar surface area (TPSA) is 271 Å². The van der Waals surface area contributed by atoms with Crippen LogP contribution < -0.4 is 10.2 Å². The van der Waals surface area contributed by atoms with Gasteiger partial charge in [0.05, 0.1) is 23.5 Å². The largest absolute Gasteiger partial charge is 0.397 e. The lowest BCUT2D eigenvalue weighted by Crippen LogP contribution is -2.38. The Morgan fingerprint density at radius 2 is 1.39 bits per heavy atom. The number of nitrogens with zero attached hydrogens (tertiary/aromatic N) is 2. The third-order valence-electron chi connectivity index (χ3n) is 10.1. The summed E-state index contributed by atoms with van der Waals surface area (Å²) in [6.07, 6.45) is 12.9. The van der Waals surface area contributed by atoms with Crippen molar-refractivity contribution in [3.63, 3.8) is 0 Å². The maximum absolute atomic E-state index is 13.2. The summed E-state index contributed by atoms with van der Waals surface area (Å²) in [5.41, 5.74) is 4.53. The van der Waals surface area contributed by atoms with Crippen molar-refractivity contribution >= 4 is 64.0 Å². The summed E-state index contributed by atoms with van der Waals surface area (Å²) in [4.78, 5) is 15.2. The molecule has 0 fully saturated rings.